The molecule has 0 spiro atoms. The Morgan fingerprint density at radius 1 is 1.29 bits per heavy atom. The molecule has 3 rings (SSSR count). The summed E-state index contributed by atoms with van der Waals surface area (Å²) in [4.78, 5) is 20.7. The second-order valence-corrected chi connectivity index (χ2v) is 6.85. The van der Waals surface area contributed by atoms with E-state index >= 15 is 0 Å². The molecule has 0 saturated heterocycles. The number of hydrogen-bond donors (Lipinski definition) is 0. The molecule has 4 nitrogen and oxygen atoms in total. The number of unbranched alkanes of at least 4 members (excludes halogenated alkanes) is 1. The molecule has 0 saturated carbocycles. The number of rotatable bonds is 4. The minimum absolute atomic E-state index is 0. The van der Waals surface area contributed by atoms with E-state index in [0.29, 0.717) is 29.5 Å². The first-order chi connectivity index (χ1) is 12.8. The van der Waals surface area contributed by atoms with Crippen molar-refractivity contribution in [1.29, 1.82) is 0 Å². The van der Waals surface area contributed by atoms with Gasteiger partial charge in [0.25, 0.3) is 5.91 Å². The van der Waals surface area contributed by atoms with Crippen molar-refractivity contribution in [3.8, 4) is 0 Å². The van der Waals surface area contributed by atoms with Crippen molar-refractivity contribution in [2.24, 2.45) is 4.99 Å². The van der Waals surface area contributed by atoms with E-state index in [2.05, 4.69) is 9.98 Å². The highest BCUT2D eigenvalue weighted by atomic mass is 35.5. The standard InChI is InChI=1S/C18H15F4N3OS.ClH/c1-2-3-8-25-14-10-23-7-6-15(14)27-17(25)24-16(26)12-9-11(18(20,21)22)4-5-13(12)19;/h4-7,9-10H,2-3,8H2,1H3;1H/b24-17-;. The second-order valence-electron chi connectivity index (χ2n) is 5.84. The quantitative estimate of drug-likeness (QED) is 0.530. The van der Waals surface area contributed by atoms with Crippen LogP contribution in [0.25, 0.3) is 10.2 Å². The zero-order chi connectivity index (χ0) is 19.6. The first-order valence-electron chi connectivity index (χ1n) is 8.20. The van der Waals surface area contributed by atoms with E-state index in [1.165, 1.54) is 11.3 Å². The normalized spacial score (nSPS) is 12.2. The minimum Gasteiger partial charge on any atom is -0.315 e. The monoisotopic (exact) mass is 433 g/mol. The Balaban J connectivity index is 0.00000280. The van der Waals surface area contributed by atoms with Gasteiger partial charge in [-0.3, -0.25) is 9.78 Å². The van der Waals surface area contributed by atoms with E-state index in [9.17, 15) is 22.4 Å². The smallest absolute Gasteiger partial charge is 0.315 e. The summed E-state index contributed by atoms with van der Waals surface area (Å²) in [5.74, 6) is -2.09. The van der Waals surface area contributed by atoms with Crippen LogP contribution in [0.4, 0.5) is 17.6 Å². The van der Waals surface area contributed by atoms with Gasteiger partial charge in [0.05, 0.1) is 27.5 Å². The third kappa shape index (κ3) is 4.59. The second kappa shape index (κ2) is 8.83. The number of hydrogen-bond acceptors (Lipinski definition) is 3. The van der Waals surface area contributed by atoms with Crippen molar-refractivity contribution in [3.05, 3.63) is 58.4 Å². The fourth-order valence-electron chi connectivity index (χ4n) is 2.55. The highest BCUT2D eigenvalue weighted by molar-refractivity contribution is 7.16. The summed E-state index contributed by atoms with van der Waals surface area (Å²) in [7, 11) is 0. The summed E-state index contributed by atoms with van der Waals surface area (Å²) in [6.07, 6.45) is 0.282. The van der Waals surface area contributed by atoms with Crippen LogP contribution in [0.5, 0.6) is 0 Å². The van der Waals surface area contributed by atoms with Gasteiger partial charge in [0.2, 0.25) is 0 Å². The lowest BCUT2D eigenvalue weighted by Crippen LogP contribution is -2.18. The number of fused-ring (bicyclic) bond motifs is 1. The van der Waals surface area contributed by atoms with Crippen molar-refractivity contribution in [1.82, 2.24) is 9.55 Å². The Labute approximate surface area is 168 Å². The van der Waals surface area contributed by atoms with Crippen LogP contribution in [0.15, 0.2) is 41.7 Å². The van der Waals surface area contributed by atoms with Crippen molar-refractivity contribution < 1.29 is 22.4 Å². The fraction of sp³-hybridized carbons (Fsp3) is 0.278. The number of halogens is 5. The minimum atomic E-state index is -4.67. The Hall–Kier alpha value is -2.26. The summed E-state index contributed by atoms with van der Waals surface area (Å²) in [6, 6.07) is 3.48. The molecule has 150 valence electrons. The lowest BCUT2D eigenvalue weighted by molar-refractivity contribution is -0.137. The van der Waals surface area contributed by atoms with E-state index in [-0.39, 0.29) is 12.4 Å². The molecule has 2 heterocycles. The predicted octanol–water partition coefficient (Wildman–Crippen LogP) is 5.22. The summed E-state index contributed by atoms with van der Waals surface area (Å²) >= 11 is 1.20. The SMILES string of the molecule is CCCCn1/c(=N/C(=O)c2cc(C(F)(F)F)ccc2F)sc2ccncc21.Cl. The van der Waals surface area contributed by atoms with Crippen molar-refractivity contribution in [3.63, 3.8) is 0 Å². The predicted molar refractivity (Wildman–Crippen MR) is 101 cm³/mol. The molecule has 0 aliphatic carbocycles. The number of aryl methyl sites for hydroxylation is 1. The van der Waals surface area contributed by atoms with Crippen LogP contribution in [0.1, 0.15) is 35.7 Å². The number of pyridine rings is 1. The molecule has 2 aromatic heterocycles. The van der Waals surface area contributed by atoms with Gasteiger partial charge >= 0.3 is 6.18 Å². The van der Waals surface area contributed by atoms with Crippen LogP contribution in [0.2, 0.25) is 0 Å². The average Bonchev–Trinajstić information content (AvgIpc) is 2.96. The zero-order valence-corrected chi connectivity index (χ0v) is 16.3. The Kier molecular flexibility index (Phi) is 6.95. The number of carbonyl (C=O) groups is 1. The van der Waals surface area contributed by atoms with Crippen LogP contribution in [0, 0.1) is 5.82 Å². The van der Waals surface area contributed by atoms with Gasteiger partial charge in [-0.25, -0.2) is 4.39 Å². The maximum atomic E-state index is 14.0. The van der Waals surface area contributed by atoms with Crippen molar-refractivity contribution in [2.75, 3.05) is 0 Å². The zero-order valence-electron chi connectivity index (χ0n) is 14.7. The highest BCUT2D eigenvalue weighted by Crippen LogP contribution is 2.30. The molecule has 1 amide bonds. The number of thiazole rings is 1. The summed E-state index contributed by atoms with van der Waals surface area (Å²) < 4.78 is 55.1. The number of amides is 1. The van der Waals surface area contributed by atoms with Crippen LogP contribution >= 0.6 is 23.7 Å². The fourth-order valence-corrected chi connectivity index (χ4v) is 3.57. The number of alkyl halides is 3. The molecule has 0 aliphatic heterocycles. The number of benzene rings is 1. The molecule has 0 N–H and O–H groups in total. The Morgan fingerprint density at radius 3 is 2.71 bits per heavy atom. The van der Waals surface area contributed by atoms with E-state index in [0.717, 1.165) is 23.1 Å². The van der Waals surface area contributed by atoms with Gasteiger partial charge in [-0.05, 0) is 30.7 Å². The summed E-state index contributed by atoms with van der Waals surface area (Å²) in [5, 5.41) is 0. The Morgan fingerprint density at radius 2 is 2.04 bits per heavy atom. The van der Waals surface area contributed by atoms with Crippen LogP contribution < -0.4 is 4.80 Å². The summed E-state index contributed by atoms with van der Waals surface area (Å²) in [5.41, 5.74) is -1.03. The molecule has 0 bridgehead atoms. The molecule has 0 atom stereocenters. The van der Waals surface area contributed by atoms with Gasteiger partial charge in [0.1, 0.15) is 5.82 Å². The van der Waals surface area contributed by atoms with Crippen LogP contribution in [-0.4, -0.2) is 15.5 Å². The van der Waals surface area contributed by atoms with Crippen molar-refractivity contribution in [2.45, 2.75) is 32.5 Å². The molecule has 28 heavy (non-hydrogen) atoms. The number of nitrogens with zero attached hydrogens (tertiary/aromatic N) is 3. The molecule has 1 aromatic carbocycles. The molecular weight excluding hydrogens is 418 g/mol. The molecule has 10 heteroatoms. The Bertz CT molecular complexity index is 1060. The lowest BCUT2D eigenvalue weighted by atomic mass is 10.1. The largest absolute Gasteiger partial charge is 0.416 e. The molecular formula is C18H16ClF4N3OS. The van der Waals surface area contributed by atoms with E-state index in [4.69, 9.17) is 0 Å². The molecule has 0 unspecified atom stereocenters. The molecule has 0 radical (unpaired) electrons. The van der Waals surface area contributed by atoms with Crippen LogP contribution in [0.3, 0.4) is 0 Å². The van der Waals surface area contributed by atoms with Gasteiger partial charge in [0, 0.05) is 12.7 Å². The topological polar surface area (TPSA) is 47.2 Å². The lowest BCUT2D eigenvalue weighted by Gasteiger charge is -2.08. The van der Waals surface area contributed by atoms with Crippen LogP contribution in [-0.2, 0) is 12.7 Å². The van der Waals surface area contributed by atoms with Gasteiger partial charge in [-0.1, -0.05) is 24.7 Å². The molecule has 0 fully saturated rings. The van der Waals surface area contributed by atoms with E-state index in [1.807, 2.05) is 6.92 Å². The first-order valence-corrected chi connectivity index (χ1v) is 9.02. The van der Waals surface area contributed by atoms with Gasteiger partial charge in [0.15, 0.2) is 4.80 Å². The number of carbonyl (C=O) groups excluding carboxylic acids is 1. The van der Waals surface area contributed by atoms with Gasteiger partial charge in [-0.2, -0.15) is 18.2 Å². The maximum Gasteiger partial charge on any atom is 0.416 e. The highest BCUT2D eigenvalue weighted by Gasteiger charge is 2.32. The summed E-state index contributed by atoms with van der Waals surface area (Å²) in [6.45, 7) is 2.58. The average molecular weight is 434 g/mol. The van der Waals surface area contributed by atoms with Crippen molar-refractivity contribution >= 4 is 39.9 Å². The van der Waals surface area contributed by atoms with E-state index in [1.54, 1.807) is 23.0 Å². The van der Waals surface area contributed by atoms with Gasteiger partial charge in [-0.15, -0.1) is 12.4 Å². The first kappa shape index (κ1) is 22.0. The third-order valence-corrected chi connectivity index (χ3v) is 5.00. The third-order valence-electron chi connectivity index (χ3n) is 3.94. The van der Waals surface area contributed by atoms with E-state index < -0.39 is 29.0 Å². The number of aromatic nitrogens is 2. The molecule has 3 aromatic rings. The van der Waals surface area contributed by atoms with Gasteiger partial charge < -0.3 is 4.57 Å². The molecule has 0 aliphatic rings. The maximum absolute atomic E-state index is 14.0.